The first-order valence-corrected chi connectivity index (χ1v) is 6.52. The molecule has 1 N–H and O–H groups in total. The number of nitrogens with one attached hydrogen (secondary N) is 1. The highest BCUT2D eigenvalue weighted by Gasteiger charge is 2.63. The number of aromatic nitrogens is 1. The monoisotopic (exact) mass is 297 g/mol. The molecule has 0 saturated heterocycles. The number of hydrogen-bond donors (Lipinski definition) is 1. The van der Waals surface area contributed by atoms with Crippen molar-refractivity contribution in [3.8, 4) is 0 Å². The average molecular weight is 297 g/mol. The van der Waals surface area contributed by atoms with Gasteiger partial charge in [-0.2, -0.15) is 0 Å². The number of benzene rings is 1. The summed E-state index contributed by atoms with van der Waals surface area (Å²) in [5.41, 5.74) is -1.83. The second-order valence-corrected chi connectivity index (χ2v) is 4.97. The van der Waals surface area contributed by atoms with Crippen molar-refractivity contribution in [3.05, 3.63) is 69.4 Å². The summed E-state index contributed by atoms with van der Waals surface area (Å²) in [4.78, 5) is 40.1. The summed E-state index contributed by atoms with van der Waals surface area (Å²) in [6.45, 7) is 1.70. The Morgan fingerprint density at radius 3 is 2.45 bits per heavy atom. The standard InChI is InChI=1S/C15H11N3O4/c1-9-7-8-11-12(19)15(18(21)22,10-5-3-2-4-6-10)14(20)17-13(11)16-9/h2-8H,1H3,(H,16,17,20). The van der Waals surface area contributed by atoms with E-state index in [4.69, 9.17) is 0 Å². The Kier molecular flexibility index (Phi) is 2.98. The minimum Gasteiger partial charge on any atom is -0.303 e. The zero-order valence-corrected chi connectivity index (χ0v) is 11.6. The molecule has 0 aliphatic carbocycles. The molecule has 1 aromatic carbocycles. The van der Waals surface area contributed by atoms with Crippen LogP contribution in [-0.2, 0) is 10.3 Å². The summed E-state index contributed by atoms with van der Waals surface area (Å²) in [5.74, 6) is -1.82. The van der Waals surface area contributed by atoms with Crippen LogP contribution in [-0.4, -0.2) is 21.6 Å². The van der Waals surface area contributed by atoms with Crippen molar-refractivity contribution in [2.24, 2.45) is 0 Å². The van der Waals surface area contributed by atoms with Crippen molar-refractivity contribution in [2.75, 3.05) is 5.32 Å². The molecule has 0 spiro atoms. The number of amides is 1. The van der Waals surface area contributed by atoms with Gasteiger partial charge < -0.3 is 5.32 Å². The number of hydrogen-bond acceptors (Lipinski definition) is 5. The minimum atomic E-state index is -2.48. The molecule has 3 rings (SSSR count). The van der Waals surface area contributed by atoms with Crippen molar-refractivity contribution < 1.29 is 14.5 Å². The highest BCUT2D eigenvalue weighted by atomic mass is 16.6. The number of Topliss-reactive ketones (excluding diaryl/α,β-unsaturated/α-hetero) is 1. The number of rotatable bonds is 2. The Balaban J connectivity index is 2.28. The Labute approximate surface area is 125 Å². The van der Waals surface area contributed by atoms with Crippen LogP contribution in [0.3, 0.4) is 0 Å². The van der Waals surface area contributed by atoms with E-state index >= 15 is 0 Å². The number of ketones is 1. The van der Waals surface area contributed by atoms with Gasteiger partial charge in [-0.25, -0.2) is 4.98 Å². The van der Waals surface area contributed by atoms with E-state index in [1.165, 1.54) is 18.2 Å². The SMILES string of the molecule is Cc1ccc2c(n1)NC(=O)C(c1ccccc1)([N+](=O)[O-])C2=O. The van der Waals surface area contributed by atoms with Crippen LogP contribution in [0.1, 0.15) is 21.6 Å². The van der Waals surface area contributed by atoms with Gasteiger partial charge in [0.2, 0.25) is 0 Å². The summed E-state index contributed by atoms with van der Waals surface area (Å²) < 4.78 is 0. The van der Waals surface area contributed by atoms with Crippen LogP contribution >= 0.6 is 0 Å². The number of pyridine rings is 1. The van der Waals surface area contributed by atoms with Crippen LogP contribution in [0.15, 0.2) is 42.5 Å². The summed E-state index contributed by atoms with van der Waals surface area (Å²) in [6.07, 6.45) is 0. The molecule has 7 nitrogen and oxygen atoms in total. The third-order valence-electron chi connectivity index (χ3n) is 3.63. The second-order valence-electron chi connectivity index (χ2n) is 4.97. The molecule has 0 bridgehead atoms. The molecule has 1 amide bonds. The summed E-state index contributed by atoms with van der Waals surface area (Å²) in [5, 5.41) is 14.1. The lowest BCUT2D eigenvalue weighted by Gasteiger charge is -2.28. The fourth-order valence-corrected chi connectivity index (χ4v) is 2.54. The molecular weight excluding hydrogens is 286 g/mol. The van der Waals surface area contributed by atoms with E-state index in [1.54, 1.807) is 31.2 Å². The van der Waals surface area contributed by atoms with Crippen LogP contribution in [0.5, 0.6) is 0 Å². The maximum Gasteiger partial charge on any atom is 0.385 e. The quantitative estimate of drug-likeness (QED) is 0.516. The molecule has 110 valence electrons. The molecule has 0 radical (unpaired) electrons. The molecule has 1 aliphatic heterocycles. The molecular formula is C15H11N3O4. The highest BCUT2D eigenvalue weighted by molar-refractivity contribution is 6.25. The number of carbonyl (C=O) groups is 2. The summed E-state index contributed by atoms with van der Waals surface area (Å²) >= 11 is 0. The highest BCUT2D eigenvalue weighted by Crippen LogP contribution is 2.36. The van der Waals surface area contributed by atoms with E-state index in [2.05, 4.69) is 10.3 Å². The Bertz CT molecular complexity index is 804. The van der Waals surface area contributed by atoms with Crippen molar-refractivity contribution in [1.82, 2.24) is 4.98 Å². The molecule has 2 aromatic rings. The first-order chi connectivity index (χ1) is 10.5. The fourth-order valence-electron chi connectivity index (χ4n) is 2.54. The van der Waals surface area contributed by atoms with E-state index in [0.29, 0.717) is 5.69 Å². The zero-order valence-electron chi connectivity index (χ0n) is 11.6. The van der Waals surface area contributed by atoms with Crippen LogP contribution in [0.4, 0.5) is 5.82 Å². The first kappa shape index (κ1) is 13.9. The number of carbonyl (C=O) groups excluding carboxylic acids is 2. The molecule has 0 saturated carbocycles. The number of fused-ring (bicyclic) bond motifs is 1. The average Bonchev–Trinajstić information content (AvgIpc) is 2.48. The molecule has 2 heterocycles. The third-order valence-corrected chi connectivity index (χ3v) is 3.63. The van der Waals surface area contributed by atoms with Gasteiger partial charge in [-0.1, -0.05) is 30.3 Å². The lowest BCUT2D eigenvalue weighted by molar-refractivity contribution is -0.540. The molecule has 7 heteroatoms. The summed E-state index contributed by atoms with van der Waals surface area (Å²) in [7, 11) is 0. The van der Waals surface area contributed by atoms with Crippen LogP contribution in [0, 0.1) is 17.0 Å². The van der Waals surface area contributed by atoms with E-state index in [0.717, 1.165) is 0 Å². The van der Waals surface area contributed by atoms with Crippen molar-refractivity contribution in [1.29, 1.82) is 0 Å². The predicted molar refractivity (Wildman–Crippen MR) is 77.0 cm³/mol. The van der Waals surface area contributed by atoms with Gasteiger partial charge in [0.1, 0.15) is 5.82 Å². The number of nitro groups is 1. The van der Waals surface area contributed by atoms with E-state index in [-0.39, 0.29) is 16.9 Å². The topological polar surface area (TPSA) is 102 Å². The molecule has 0 fully saturated rings. The van der Waals surface area contributed by atoms with Crippen LogP contribution in [0.2, 0.25) is 0 Å². The maximum atomic E-state index is 12.8. The fraction of sp³-hybridized carbons (Fsp3) is 0.133. The number of anilines is 1. The Morgan fingerprint density at radius 1 is 1.14 bits per heavy atom. The molecule has 1 aliphatic rings. The van der Waals surface area contributed by atoms with Gasteiger partial charge in [0, 0.05) is 16.2 Å². The first-order valence-electron chi connectivity index (χ1n) is 6.52. The Morgan fingerprint density at radius 2 is 1.82 bits per heavy atom. The Hall–Kier alpha value is -3.09. The predicted octanol–water partition coefficient (Wildman–Crippen LogP) is 1.70. The van der Waals surface area contributed by atoms with Crippen LogP contribution in [0.25, 0.3) is 0 Å². The van der Waals surface area contributed by atoms with Gasteiger partial charge in [0.15, 0.2) is 0 Å². The van der Waals surface area contributed by atoms with Gasteiger partial charge in [0.05, 0.1) is 5.56 Å². The normalized spacial score (nSPS) is 20.2. The maximum absolute atomic E-state index is 12.8. The number of nitrogens with zero attached hydrogens (tertiary/aromatic N) is 2. The van der Waals surface area contributed by atoms with Crippen molar-refractivity contribution in [3.63, 3.8) is 0 Å². The molecule has 22 heavy (non-hydrogen) atoms. The lowest BCUT2D eigenvalue weighted by atomic mass is 9.80. The molecule has 1 atom stereocenters. The molecule has 1 aromatic heterocycles. The zero-order chi connectivity index (χ0) is 15.9. The van der Waals surface area contributed by atoms with E-state index in [9.17, 15) is 19.7 Å². The van der Waals surface area contributed by atoms with Crippen molar-refractivity contribution in [2.45, 2.75) is 12.5 Å². The van der Waals surface area contributed by atoms with Gasteiger partial charge in [-0.05, 0) is 19.1 Å². The summed E-state index contributed by atoms with van der Waals surface area (Å²) in [6, 6.07) is 10.6. The molecule has 1 unspecified atom stereocenters. The minimum absolute atomic E-state index is 0.0220. The van der Waals surface area contributed by atoms with Gasteiger partial charge in [0.25, 0.3) is 5.78 Å². The van der Waals surface area contributed by atoms with Crippen LogP contribution < -0.4 is 5.32 Å². The number of aryl methyl sites for hydroxylation is 1. The smallest absolute Gasteiger partial charge is 0.303 e. The van der Waals surface area contributed by atoms with Gasteiger partial charge >= 0.3 is 11.4 Å². The largest absolute Gasteiger partial charge is 0.385 e. The van der Waals surface area contributed by atoms with Gasteiger partial charge in [-0.15, -0.1) is 0 Å². The van der Waals surface area contributed by atoms with E-state index in [1.807, 2.05) is 0 Å². The lowest BCUT2D eigenvalue weighted by Crippen LogP contribution is -2.56. The second kappa shape index (κ2) is 4.73. The van der Waals surface area contributed by atoms with Crippen molar-refractivity contribution >= 4 is 17.5 Å². The third kappa shape index (κ3) is 1.72. The van der Waals surface area contributed by atoms with Gasteiger partial charge in [-0.3, -0.25) is 19.7 Å². The van der Waals surface area contributed by atoms with E-state index < -0.39 is 22.2 Å².